The van der Waals surface area contributed by atoms with Gasteiger partial charge in [0.25, 0.3) is 0 Å². The van der Waals surface area contributed by atoms with E-state index >= 15 is 0 Å². The van der Waals surface area contributed by atoms with Crippen molar-refractivity contribution >= 4 is 0 Å². The molecule has 0 bridgehead atoms. The molecule has 0 aliphatic carbocycles. The summed E-state index contributed by atoms with van der Waals surface area (Å²) in [6, 6.07) is 26.3. The molecule has 6 aromatic rings. The quantitative estimate of drug-likeness (QED) is 0.204. The van der Waals surface area contributed by atoms with Crippen molar-refractivity contribution in [2.45, 2.75) is 0 Å². The van der Waals surface area contributed by atoms with Crippen LogP contribution in [-0.4, -0.2) is 50.0 Å². The van der Waals surface area contributed by atoms with Gasteiger partial charge in [-0.1, -0.05) is 16.7 Å². The molecule has 0 saturated carbocycles. The monoisotopic (exact) mass is 754 g/mol. The maximum Gasteiger partial charge on any atom is 3.00 e. The molecular formula is C33H33IrN6O3. The normalized spacial score (nSPS) is 9.91. The van der Waals surface area contributed by atoms with E-state index in [0.717, 1.165) is 51.4 Å². The minimum atomic E-state index is 0. The summed E-state index contributed by atoms with van der Waals surface area (Å²) >= 11 is 0. The smallest absolute Gasteiger partial charge is 0.540 e. The van der Waals surface area contributed by atoms with Gasteiger partial charge in [-0.3, -0.25) is 15.0 Å². The molecule has 0 radical (unpaired) electrons. The zero-order valence-electron chi connectivity index (χ0n) is 24.9. The maximum atomic E-state index is 5.24. The average molecular weight is 754 g/mol. The molecule has 43 heavy (non-hydrogen) atoms. The number of benzene rings is 3. The molecule has 0 saturated heterocycles. The first-order valence-corrected chi connectivity index (χ1v) is 13.1. The number of imidazole rings is 3. The van der Waals surface area contributed by atoms with E-state index in [0.29, 0.717) is 0 Å². The van der Waals surface area contributed by atoms with Crippen molar-refractivity contribution in [2.75, 3.05) is 21.3 Å². The largest absolute Gasteiger partial charge is 3.00 e. The van der Waals surface area contributed by atoms with Crippen molar-refractivity contribution in [3.8, 4) is 51.4 Å². The molecule has 10 heteroatoms. The van der Waals surface area contributed by atoms with Gasteiger partial charge in [0.15, 0.2) is 0 Å². The van der Waals surface area contributed by atoms with Gasteiger partial charge in [0.2, 0.25) is 0 Å². The number of methoxy groups -OCH3 is 3. The zero-order chi connectivity index (χ0) is 29.9. The van der Waals surface area contributed by atoms with E-state index in [9.17, 15) is 0 Å². The van der Waals surface area contributed by atoms with Crippen LogP contribution in [0.3, 0.4) is 0 Å². The van der Waals surface area contributed by atoms with Crippen LogP contribution in [0.2, 0.25) is 0 Å². The standard InChI is InChI=1S/3C11H11N2O.Ir/c3*1-13-8-7-12-11(13)9-5-3-4-6-10(9)14-2;/h3*3-4,6-8H,1-2H3;/q3*-1;+3. The number of aromatic nitrogens is 6. The third-order valence-electron chi connectivity index (χ3n) is 6.25. The molecule has 3 aromatic heterocycles. The van der Waals surface area contributed by atoms with Crippen molar-refractivity contribution in [3.63, 3.8) is 0 Å². The van der Waals surface area contributed by atoms with Crippen LogP contribution >= 0.6 is 0 Å². The van der Waals surface area contributed by atoms with Crippen LogP contribution in [0, 0.1) is 18.2 Å². The van der Waals surface area contributed by atoms with Crippen molar-refractivity contribution < 1.29 is 34.3 Å². The fourth-order valence-corrected chi connectivity index (χ4v) is 4.12. The summed E-state index contributed by atoms with van der Waals surface area (Å²) in [5, 5.41) is 0. The summed E-state index contributed by atoms with van der Waals surface area (Å²) in [6.07, 6.45) is 11.0. The Kier molecular flexibility index (Phi) is 12.3. The van der Waals surface area contributed by atoms with E-state index < -0.39 is 0 Å². The number of hydrogen-bond acceptors (Lipinski definition) is 6. The minimum absolute atomic E-state index is 0. The topological polar surface area (TPSA) is 81.2 Å². The SMILES string of the molecule is COc1ccc[c-]c1-c1nccn1C.COc1ccc[c-]c1-c1nccn1C.COc1ccc[c-]c1-c1nccn1C.[Ir+3]. The summed E-state index contributed by atoms with van der Waals surface area (Å²) in [5.41, 5.74) is 2.67. The second-order valence-electron chi connectivity index (χ2n) is 8.93. The predicted octanol–water partition coefficient (Wildman–Crippen LogP) is 5.69. The summed E-state index contributed by atoms with van der Waals surface area (Å²) in [4.78, 5) is 12.7. The minimum Gasteiger partial charge on any atom is -0.540 e. The Morgan fingerprint density at radius 1 is 0.512 bits per heavy atom. The summed E-state index contributed by atoms with van der Waals surface area (Å²) in [5.74, 6) is 4.97. The van der Waals surface area contributed by atoms with Crippen molar-refractivity contribution in [1.29, 1.82) is 0 Å². The van der Waals surface area contributed by atoms with Crippen LogP contribution in [-0.2, 0) is 41.2 Å². The second kappa shape index (κ2) is 16.1. The number of aryl methyl sites for hydroxylation is 3. The predicted molar refractivity (Wildman–Crippen MR) is 162 cm³/mol. The second-order valence-corrected chi connectivity index (χ2v) is 8.93. The van der Waals surface area contributed by atoms with Gasteiger partial charge in [-0.05, 0) is 0 Å². The molecule has 3 aromatic carbocycles. The number of nitrogens with zero attached hydrogens (tertiary/aromatic N) is 6. The molecule has 6 rings (SSSR count). The van der Waals surface area contributed by atoms with Crippen LogP contribution in [0.15, 0.2) is 91.8 Å². The van der Waals surface area contributed by atoms with Crippen LogP contribution < -0.4 is 14.2 Å². The number of ether oxygens (including phenoxy) is 3. The Labute approximate surface area is 266 Å². The Morgan fingerprint density at radius 3 is 1.00 bits per heavy atom. The molecule has 0 aliphatic rings. The molecule has 0 amide bonds. The summed E-state index contributed by atoms with van der Waals surface area (Å²) in [7, 11) is 10.8. The van der Waals surface area contributed by atoms with Gasteiger partial charge in [0, 0.05) is 75.6 Å². The van der Waals surface area contributed by atoms with E-state index in [-0.39, 0.29) is 20.1 Å². The van der Waals surface area contributed by atoms with Gasteiger partial charge in [0.05, 0.1) is 38.8 Å². The van der Waals surface area contributed by atoms with Gasteiger partial charge in [-0.15, -0.1) is 72.8 Å². The zero-order valence-corrected chi connectivity index (χ0v) is 27.3. The average Bonchev–Trinajstić information content (AvgIpc) is 3.78. The van der Waals surface area contributed by atoms with E-state index in [1.165, 1.54) is 0 Å². The third kappa shape index (κ3) is 8.00. The molecule has 0 aliphatic heterocycles. The molecule has 0 atom stereocenters. The van der Waals surface area contributed by atoms with Gasteiger partial charge >= 0.3 is 20.1 Å². The first-order valence-electron chi connectivity index (χ1n) is 13.1. The van der Waals surface area contributed by atoms with Gasteiger partial charge in [-0.25, -0.2) is 0 Å². The molecule has 0 N–H and O–H groups in total. The molecule has 0 unspecified atom stereocenters. The first kappa shape index (κ1) is 32.8. The number of hydrogen-bond donors (Lipinski definition) is 0. The Bertz CT molecular complexity index is 1510. The summed E-state index contributed by atoms with van der Waals surface area (Å²) in [6.45, 7) is 0. The van der Waals surface area contributed by atoms with Gasteiger partial charge < -0.3 is 27.9 Å². The van der Waals surface area contributed by atoms with Crippen LogP contribution in [0.4, 0.5) is 0 Å². The third-order valence-corrected chi connectivity index (χ3v) is 6.25. The first-order chi connectivity index (χ1) is 20.5. The molecule has 0 fully saturated rings. The van der Waals surface area contributed by atoms with Gasteiger partial charge in [0.1, 0.15) is 0 Å². The van der Waals surface area contributed by atoms with Crippen molar-refractivity contribution in [3.05, 3.63) is 110 Å². The van der Waals surface area contributed by atoms with E-state index in [1.54, 1.807) is 39.9 Å². The van der Waals surface area contributed by atoms with Crippen LogP contribution in [0.1, 0.15) is 0 Å². The molecule has 0 spiro atoms. The van der Waals surface area contributed by atoms with E-state index in [4.69, 9.17) is 14.2 Å². The maximum absolute atomic E-state index is 5.24. The molecule has 222 valence electrons. The van der Waals surface area contributed by atoms with Crippen LogP contribution in [0.5, 0.6) is 17.2 Å². The Hall–Kier alpha value is -4.66. The Morgan fingerprint density at radius 2 is 0.791 bits per heavy atom. The van der Waals surface area contributed by atoms with Crippen LogP contribution in [0.25, 0.3) is 34.2 Å². The fourth-order valence-electron chi connectivity index (χ4n) is 4.12. The molecule has 3 heterocycles. The van der Waals surface area contributed by atoms with Gasteiger partial charge in [-0.2, -0.15) is 0 Å². The molecule has 9 nitrogen and oxygen atoms in total. The van der Waals surface area contributed by atoms with Crippen molar-refractivity contribution in [1.82, 2.24) is 28.7 Å². The van der Waals surface area contributed by atoms with E-state index in [1.807, 2.05) is 108 Å². The fraction of sp³-hybridized carbons (Fsp3) is 0.182. The van der Waals surface area contributed by atoms with E-state index in [2.05, 4.69) is 33.2 Å². The van der Waals surface area contributed by atoms with Crippen molar-refractivity contribution in [2.24, 2.45) is 21.1 Å². The molecular weight excluding hydrogens is 721 g/mol. The Balaban J connectivity index is 0.000000175. The summed E-state index contributed by atoms with van der Waals surface area (Å²) < 4.78 is 21.5. The number of rotatable bonds is 6.